The van der Waals surface area contributed by atoms with Crippen LogP contribution in [0, 0.1) is 12.8 Å². The normalized spacial score (nSPS) is 24.3. The van der Waals surface area contributed by atoms with E-state index in [-0.39, 0.29) is 28.7 Å². The van der Waals surface area contributed by atoms with Gasteiger partial charge in [0.15, 0.2) is 5.66 Å². The van der Waals surface area contributed by atoms with Crippen LogP contribution in [0.15, 0.2) is 23.3 Å². The van der Waals surface area contributed by atoms with Gasteiger partial charge in [-0.25, -0.2) is 9.97 Å². The van der Waals surface area contributed by atoms with Crippen LogP contribution in [0.5, 0.6) is 0 Å². The summed E-state index contributed by atoms with van der Waals surface area (Å²) in [6, 6.07) is 3.12. The number of nitrogens with two attached hydrogens (primary N) is 1. The van der Waals surface area contributed by atoms with Crippen molar-refractivity contribution in [3.63, 3.8) is 0 Å². The smallest absolute Gasteiger partial charge is 0.296 e. The number of rotatable bonds is 2. The fraction of sp³-hybridized carbons (Fsp3) is 0.444. The molecule has 2 atom stereocenters. The number of carbonyl (C=O) groups excluding carboxylic acids is 1. The molecule has 9 heteroatoms. The van der Waals surface area contributed by atoms with E-state index in [2.05, 4.69) is 15.3 Å². The Morgan fingerprint density at radius 1 is 1.30 bits per heavy atom. The second-order valence-corrected chi connectivity index (χ2v) is 7.33. The number of pyridine rings is 1. The molecule has 1 fully saturated rings. The molecule has 4 N–H and O–H groups in total. The molecule has 2 aliphatic rings. The first-order chi connectivity index (χ1) is 12.9. The highest BCUT2D eigenvalue weighted by Gasteiger charge is 2.55. The molecule has 0 aromatic carbocycles. The van der Waals surface area contributed by atoms with Gasteiger partial charge in [-0.05, 0) is 37.8 Å². The number of anilines is 3. The van der Waals surface area contributed by atoms with Crippen molar-refractivity contribution in [1.82, 2.24) is 19.6 Å². The third-order valence-corrected chi connectivity index (χ3v) is 5.71. The molecule has 9 nitrogen and oxygen atoms in total. The van der Waals surface area contributed by atoms with E-state index in [1.54, 1.807) is 13.0 Å². The van der Waals surface area contributed by atoms with E-state index < -0.39 is 11.6 Å². The van der Waals surface area contributed by atoms with E-state index in [0.717, 1.165) is 24.3 Å². The summed E-state index contributed by atoms with van der Waals surface area (Å²) in [6.45, 7) is 3.72. The Balaban J connectivity index is 1.90. The van der Waals surface area contributed by atoms with Gasteiger partial charge in [0.05, 0.1) is 0 Å². The van der Waals surface area contributed by atoms with Crippen molar-refractivity contribution in [3.05, 3.63) is 40.1 Å². The zero-order chi connectivity index (χ0) is 19.3. The predicted molar refractivity (Wildman–Crippen MR) is 98.7 cm³/mol. The number of nitrogens with one attached hydrogen (secondary N) is 1. The lowest BCUT2D eigenvalue weighted by Gasteiger charge is -2.43. The van der Waals surface area contributed by atoms with Crippen molar-refractivity contribution in [3.8, 4) is 0 Å². The number of nitrogen functional groups attached to an aromatic ring is 1. The number of hydroxylamine groups is 2. The first-order valence-electron chi connectivity index (χ1n) is 9.01. The van der Waals surface area contributed by atoms with Crippen molar-refractivity contribution in [1.29, 1.82) is 0 Å². The molecule has 1 amide bonds. The molecule has 142 valence electrons. The highest BCUT2D eigenvalue weighted by molar-refractivity contribution is 5.96. The van der Waals surface area contributed by atoms with Crippen LogP contribution in [0.3, 0.4) is 0 Å². The van der Waals surface area contributed by atoms with Gasteiger partial charge in [-0.2, -0.15) is 5.06 Å². The number of aryl methyl sites for hydroxylation is 1. The van der Waals surface area contributed by atoms with Crippen LogP contribution in [-0.4, -0.2) is 30.7 Å². The minimum Gasteiger partial charge on any atom is -0.384 e. The average Bonchev–Trinajstić information content (AvgIpc) is 2.85. The molecule has 1 aliphatic carbocycles. The summed E-state index contributed by atoms with van der Waals surface area (Å²) in [6.07, 6.45) is 4.51. The van der Waals surface area contributed by atoms with E-state index in [1.807, 2.05) is 6.92 Å². The summed E-state index contributed by atoms with van der Waals surface area (Å²) in [5, 5.41) is 14.4. The standard InChI is InChI=1S/C18H22N6O3/c1-10-7-12(22-14-8-13(19)20-9-21-14)16(25)23-15(10)17(26)24(27)18(23)6-4-3-5-11(18)2/h7-9,11,27H,3-6H2,1-2H3,(H3,19,20,21,22). The van der Waals surface area contributed by atoms with Crippen LogP contribution >= 0.6 is 0 Å². The topological polar surface area (TPSA) is 126 Å². The summed E-state index contributed by atoms with van der Waals surface area (Å²) in [7, 11) is 0. The lowest BCUT2D eigenvalue weighted by molar-refractivity contribution is -0.188. The summed E-state index contributed by atoms with van der Waals surface area (Å²) < 4.78 is 1.47. The Morgan fingerprint density at radius 2 is 2.07 bits per heavy atom. The molecule has 1 saturated carbocycles. The van der Waals surface area contributed by atoms with E-state index in [1.165, 1.54) is 17.0 Å². The molecule has 2 unspecified atom stereocenters. The third-order valence-electron chi connectivity index (χ3n) is 5.71. The molecular weight excluding hydrogens is 348 g/mol. The summed E-state index contributed by atoms with van der Waals surface area (Å²) in [5.41, 5.74) is 5.38. The fourth-order valence-electron chi connectivity index (χ4n) is 4.38. The lowest BCUT2D eigenvalue weighted by Crippen LogP contribution is -2.54. The van der Waals surface area contributed by atoms with E-state index in [4.69, 9.17) is 5.73 Å². The number of nitrogens with zero attached hydrogens (tertiary/aromatic N) is 4. The summed E-state index contributed by atoms with van der Waals surface area (Å²) >= 11 is 0. The Morgan fingerprint density at radius 3 is 2.78 bits per heavy atom. The van der Waals surface area contributed by atoms with Gasteiger partial charge in [0, 0.05) is 12.0 Å². The number of fused-ring (bicyclic) bond motifs is 2. The average molecular weight is 370 g/mol. The number of carbonyl (C=O) groups is 1. The maximum Gasteiger partial charge on any atom is 0.296 e. The molecule has 0 bridgehead atoms. The predicted octanol–water partition coefficient (Wildman–Crippen LogP) is 1.98. The molecular formula is C18H22N6O3. The molecule has 2 aromatic heterocycles. The van der Waals surface area contributed by atoms with Gasteiger partial charge < -0.3 is 11.1 Å². The summed E-state index contributed by atoms with van der Waals surface area (Å²) in [4.78, 5) is 34.0. The lowest BCUT2D eigenvalue weighted by atomic mass is 9.79. The Labute approximate surface area is 155 Å². The SMILES string of the molecule is Cc1cc(Nc2cc(N)ncn2)c(=O)n2c1C(=O)N(O)C21CCCCC1C. The van der Waals surface area contributed by atoms with Gasteiger partial charge in [0.25, 0.3) is 11.5 Å². The van der Waals surface area contributed by atoms with Gasteiger partial charge in [0.1, 0.15) is 29.3 Å². The molecule has 1 aliphatic heterocycles. The van der Waals surface area contributed by atoms with Crippen LogP contribution in [0.2, 0.25) is 0 Å². The molecule has 1 spiro atoms. The van der Waals surface area contributed by atoms with Crippen LogP contribution in [0.1, 0.15) is 48.7 Å². The van der Waals surface area contributed by atoms with Gasteiger partial charge >= 0.3 is 0 Å². The molecule has 2 aromatic rings. The Kier molecular flexibility index (Phi) is 3.92. The van der Waals surface area contributed by atoms with Crippen LogP contribution in [0.4, 0.5) is 17.3 Å². The molecule has 3 heterocycles. The van der Waals surface area contributed by atoms with E-state index in [9.17, 15) is 14.8 Å². The zero-order valence-corrected chi connectivity index (χ0v) is 15.3. The minimum atomic E-state index is -1.05. The maximum absolute atomic E-state index is 13.3. The van der Waals surface area contributed by atoms with Gasteiger partial charge in [-0.15, -0.1) is 0 Å². The summed E-state index contributed by atoms with van der Waals surface area (Å²) in [5.74, 6) is 0.0784. The van der Waals surface area contributed by atoms with E-state index >= 15 is 0 Å². The number of hydrogen-bond donors (Lipinski definition) is 3. The molecule has 0 radical (unpaired) electrons. The van der Waals surface area contributed by atoms with E-state index in [0.29, 0.717) is 17.8 Å². The van der Waals surface area contributed by atoms with Crippen molar-refractivity contribution >= 4 is 23.2 Å². The highest BCUT2D eigenvalue weighted by Crippen LogP contribution is 2.46. The number of aromatic nitrogens is 3. The highest BCUT2D eigenvalue weighted by atomic mass is 16.5. The first kappa shape index (κ1) is 17.5. The molecule has 0 saturated heterocycles. The quantitative estimate of drug-likeness (QED) is 0.690. The minimum absolute atomic E-state index is 0.0523. The van der Waals surface area contributed by atoms with Crippen molar-refractivity contribution in [2.75, 3.05) is 11.1 Å². The van der Waals surface area contributed by atoms with Crippen molar-refractivity contribution in [2.24, 2.45) is 5.92 Å². The van der Waals surface area contributed by atoms with Crippen LogP contribution in [0.25, 0.3) is 0 Å². The Hall–Kier alpha value is -2.94. The first-order valence-corrected chi connectivity index (χ1v) is 9.01. The van der Waals surface area contributed by atoms with Crippen molar-refractivity contribution in [2.45, 2.75) is 45.2 Å². The zero-order valence-electron chi connectivity index (χ0n) is 15.3. The largest absolute Gasteiger partial charge is 0.384 e. The number of hydrogen-bond acceptors (Lipinski definition) is 7. The van der Waals surface area contributed by atoms with Gasteiger partial charge in [-0.3, -0.25) is 19.4 Å². The molecule has 4 rings (SSSR count). The van der Waals surface area contributed by atoms with Crippen molar-refractivity contribution < 1.29 is 10.0 Å². The van der Waals surface area contributed by atoms with Crippen LogP contribution < -0.4 is 16.6 Å². The third kappa shape index (κ3) is 2.42. The second-order valence-electron chi connectivity index (χ2n) is 7.33. The van der Waals surface area contributed by atoms with Crippen LogP contribution in [-0.2, 0) is 5.66 Å². The Bertz CT molecular complexity index is 988. The maximum atomic E-state index is 13.3. The fourth-order valence-corrected chi connectivity index (χ4v) is 4.38. The molecule has 27 heavy (non-hydrogen) atoms. The van der Waals surface area contributed by atoms with Gasteiger partial charge in [0.2, 0.25) is 0 Å². The number of amides is 1. The second kappa shape index (κ2) is 6.05. The monoisotopic (exact) mass is 370 g/mol. The van der Waals surface area contributed by atoms with Gasteiger partial charge in [-0.1, -0.05) is 13.3 Å².